The van der Waals surface area contributed by atoms with E-state index in [1.54, 1.807) is 13.2 Å². The average Bonchev–Trinajstić information content (AvgIpc) is 3.58. The number of carbonyl (C=O) groups is 2. The van der Waals surface area contributed by atoms with Gasteiger partial charge in [0.1, 0.15) is 5.75 Å². The number of methoxy groups -OCH3 is 1. The first-order valence-corrected chi connectivity index (χ1v) is 17.0. The van der Waals surface area contributed by atoms with E-state index in [9.17, 15) is 4.79 Å². The van der Waals surface area contributed by atoms with Crippen LogP contribution < -0.4 is 10.1 Å². The number of rotatable bonds is 7. The van der Waals surface area contributed by atoms with E-state index in [0.29, 0.717) is 18.8 Å². The molecule has 4 aliphatic rings. The molecule has 0 spiro atoms. The zero-order valence-electron chi connectivity index (χ0n) is 27.4. The normalized spacial score (nSPS) is 24.7. The summed E-state index contributed by atoms with van der Waals surface area (Å²) in [5.74, 6) is 0.573. The first kappa shape index (κ1) is 30.2. The Hall–Kier alpha value is -5.16. The van der Waals surface area contributed by atoms with Gasteiger partial charge in [0.25, 0.3) is 0 Å². The van der Waals surface area contributed by atoms with Gasteiger partial charge in [0.2, 0.25) is 11.8 Å². The van der Waals surface area contributed by atoms with Crippen molar-refractivity contribution in [3.05, 3.63) is 155 Å². The number of nitrogens with one attached hydrogen (secondary N) is 1. The Kier molecular flexibility index (Phi) is 7.43. The highest BCUT2D eigenvalue weighted by Gasteiger charge is 2.70. The molecular weight excluding hydrogens is 592 g/mol. The van der Waals surface area contributed by atoms with E-state index < -0.39 is 10.8 Å². The Morgan fingerprint density at radius 1 is 0.875 bits per heavy atom. The van der Waals surface area contributed by atoms with Crippen LogP contribution in [-0.2, 0) is 15.0 Å². The highest BCUT2D eigenvalue weighted by atomic mass is 16.5. The van der Waals surface area contributed by atoms with Crippen LogP contribution in [0.5, 0.6) is 5.75 Å². The maximum absolute atomic E-state index is 15.2. The summed E-state index contributed by atoms with van der Waals surface area (Å²) in [6.07, 6.45) is 5.30. The lowest BCUT2D eigenvalue weighted by Gasteiger charge is -2.60. The number of fused-ring (bicyclic) bond motifs is 2. The number of hydrogen-bond acceptors (Lipinski definition) is 3. The molecule has 5 nitrogen and oxygen atoms in total. The summed E-state index contributed by atoms with van der Waals surface area (Å²) in [6, 6.07) is 41.5. The lowest BCUT2D eigenvalue weighted by molar-refractivity contribution is -0.140. The Morgan fingerprint density at radius 2 is 1.60 bits per heavy atom. The predicted molar refractivity (Wildman–Crippen MR) is 191 cm³/mol. The molecule has 5 aromatic rings. The number of likely N-dealkylation sites (tertiary alicyclic amines) is 1. The fourth-order valence-corrected chi connectivity index (χ4v) is 9.49. The van der Waals surface area contributed by atoms with Gasteiger partial charge in [-0.15, -0.1) is 0 Å². The van der Waals surface area contributed by atoms with Gasteiger partial charge >= 0.3 is 0 Å². The topological polar surface area (TPSA) is 58.6 Å². The molecule has 1 aliphatic heterocycles. The van der Waals surface area contributed by atoms with Crippen molar-refractivity contribution in [2.45, 2.75) is 37.1 Å². The fourth-order valence-electron chi connectivity index (χ4n) is 9.49. The maximum Gasteiger partial charge on any atom is 0.246 e. The van der Waals surface area contributed by atoms with E-state index in [1.807, 2.05) is 41.3 Å². The third kappa shape index (κ3) is 4.51. The number of nitrogens with zero attached hydrogens (tertiary/aromatic N) is 1. The summed E-state index contributed by atoms with van der Waals surface area (Å²) in [5.41, 5.74) is 4.52. The minimum Gasteiger partial charge on any atom is -0.496 e. The van der Waals surface area contributed by atoms with E-state index in [1.165, 1.54) is 16.7 Å². The monoisotopic (exact) mass is 632 g/mol. The highest BCUT2D eigenvalue weighted by molar-refractivity contribution is 5.95. The Labute approximate surface area is 282 Å². The van der Waals surface area contributed by atoms with Crippen LogP contribution in [0, 0.1) is 11.3 Å². The van der Waals surface area contributed by atoms with Gasteiger partial charge in [0.05, 0.1) is 18.6 Å². The average molecular weight is 633 g/mol. The van der Waals surface area contributed by atoms with Gasteiger partial charge in [0, 0.05) is 42.0 Å². The molecule has 48 heavy (non-hydrogen) atoms. The number of carbonyl (C=O) groups excluding carboxylic acids is 2. The fraction of sp³-hybridized carbons (Fsp3) is 0.256. The van der Waals surface area contributed by atoms with E-state index >= 15 is 4.79 Å². The lowest BCUT2D eigenvalue weighted by atomic mass is 9.42. The quantitative estimate of drug-likeness (QED) is 0.185. The smallest absolute Gasteiger partial charge is 0.246 e. The Morgan fingerprint density at radius 3 is 2.46 bits per heavy atom. The summed E-state index contributed by atoms with van der Waals surface area (Å²) < 4.78 is 5.53. The molecule has 0 radical (unpaired) electrons. The summed E-state index contributed by atoms with van der Waals surface area (Å²) in [6.45, 7) is 2.96. The van der Waals surface area contributed by atoms with Crippen LogP contribution in [0.1, 0.15) is 59.5 Å². The number of para-hydroxylation sites is 1. The van der Waals surface area contributed by atoms with Crippen LogP contribution in [0.15, 0.2) is 127 Å². The largest absolute Gasteiger partial charge is 0.496 e. The SMILES string of the molecule is COc1ccccc1C=CC(=O)N1C[C@H]2[C@@]3(c4ccccc4)CC[C@H](c4ccccc43)[C@@]2(C(=O)N[C@H](C)c2cccc3ccccc23)C1. The Bertz CT molecular complexity index is 2050. The zero-order valence-corrected chi connectivity index (χ0v) is 27.4. The standard InChI is InChI=1S/C43H40N2O3/c1-29(33-20-12-15-30-13-6-8-18-34(30)33)44-41(47)43-28-45(40(46)24-23-31-14-7-11-22-38(31)48-2)27-39(43)42(32-16-4-3-5-17-32)26-25-37(43)35-19-9-10-21-36(35)42/h3-24,29,37,39H,25-28H2,1-2H3,(H,44,47)/t29-,37-,39+,42-,43+/m1/s1. The van der Waals surface area contributed by atoms with Gasteiger partial charge in [0.15, 0.2) is 0 Å². The summed E-state index contributed by atoms with van der Waals surface area (Å²) in [5, 5.41) is 5.82. The number of amides is 2. The van der Waals surface area contributed by atoms with Crippen LogP contribution in [0.3, 0.4) is 0 Å². The Balaban J connectivity index is 1.23. The molecular formula is C43H40N2O3. The molecule has 2 fully saturated rings. The van der Waals surface area contributed by atoms with E-state index in [2.05, 4.69) is 103 Å². The molecule has 3 aliphatic carbocycles. The van der Waals surface area contributed by atoms with E-state index in [-0.39, 0.29) is 29.7 Å². The second kappa shape index (κ2) is 11.8. The van der Waals surface area contributed by atoms with Crippen LogP contribution in [-0.4, -0.2) is 36.9 Å². The number of hydrogen-bond donors (Lipinski definition) is 1. The molecule has 0 aromatic heterocycles. The van der Waals surface area contributed by atoms with Crippen molar-refractivity contribution in [3.8, 4) is 5.75 Å². The van der Waals surface area contributed by atoms with Crippen molar-refractivity contribution in [1.82, 2.24) is 10.2 Å². The second-order valence-corrected chi connectivity index (χ2v) is 13.7. The summed E-state index contributed by atoms with van der Waals surface area (Å²) in [7, 11) is 1.64. The van der Waals surface area contributed by atoms with Crippen LogP contribution in [0.25, 0.3) is 16.8 Å². The van der Waals surface area contributed by atoms with Crippen molar-refractivity contribution < 1.29 is 14.3 Å². The molecule has 5 aromatic carbocycles. The van der Waals surface area contributed by atoms with E-state index in [4.69, 9.17) is 4.74 Å². The van der Waals surface area contributed by atoms with Gasteiger partial charge in [-0.2, -0.15) is 0 Å². The maximum atomic E-state index is 15.2. The molecule has 2 amide bonds. The third-order valence-electron chi connectivity index (χ3n) is 11.5. The van der Waals surface area contributed by atoms with Gasteiger partial charge in [-0.3, -0.25) is 9.59 Å². The molecule has 9 rings (SSSR count). The molecule has 240 valence electrons. The van der Waals surface area contributed by atoms with Gasteiger partial charge in [-0.1, -0.05) is 115 Å². The highest BCUT2D eigenvalue weighted by Crippen LogP contribution is 2.69. The lowest BCUT2D eigenvalue weighted by Crippen LogP contribution is -2.62. The summed E-state index contributed by atoms with van der Waals surface area (Å²) >= 11 is 0. The molecule has 5 atom stereocenters. The first-order valence-electron chi connectivity index (χ1n) is 17.0. The molecule has 5 heteroatoms. The zero-order chi connectivity index (χ0) is 32.9. The molecule has 1 saturated carbocycles. The van der Waals surface area contributed by atoms with Gasteiger partial charge in [-0.05, 0) is 64.9 Å². The summed E-state index contributed by atoms with van der Waals surface area (Å²) in [4.78, 5) is 31.3. The van der Waals surface area contributed by atoms with Crippen LogP contribution in [0.2, 0.25) is 0 Å². The number of ether oxygens (including phenoxy) is 1. The number of benzene rings is 5. The molecule has 1 saturated heterocycles. The first-order chi connectivity index (χ1) is 23.5. The van der Waals surface area contributed by atoms with Crippen molar-refractivity contribution in [1.29, 1.82) is 0 Å². The second-order valence-electron chi connectivity index (χ2n) is 13.7. The van der Waals surface area contributed by atoms with Crippen molar-refractivity contribution in [2.75, 3.05) is 20.2 Å². The van der Waals surface area contributed by atoms with Crippen molar-refractivity contribution in [3.63, 3.8) is 0 Å². The van der Waals surface area contributed by atoms with E-state index in [0.717, 1.165) is 34.7 Å². The van der Waals surface area contributed by atoms with Crippen LogP contribution in [0.4, 0.5) is 0 Å². The van der Waals surface area contributed by atoms with Gasteiger partial charge < -0.3 is 15.0 Å². The molecule has 0 unspecified atom stereocenters. The minimum atomic E-state index is -0.796. The predicted octanol–water partition coefficient (Wildman–Crippen LogP) is 8.06. The minimum absolute atomic E-state index is 0.00000160. The van der Waals surface area contributed by atoms with Crippen LogP contribution >= 0.6 is 0 Å². The van der Waals surface area contributed by atoms with Crippen molar-refractivity contribution in [2.24, 2.45) is 11.3 Å². The molecule has 1 heterocycles. The third-order valence-corrected chi connectivity index (χ3v) is 11.5. The van der Waals surface area contributed by atoms with Gasteiger partial charge in [-0.25, -0.2) is 0 Å². The van der Waals surface area contributed by atoms with Crippen molar-refractivity contribution >= 4 is 28.7 Å². The molecule has 2 bridgehead atoms. The molecule has 1 N–H and O–H groups in total.